The molecule has 10 aromatic rings. The molecule has 0 radical (unpaired) electrons. The summed E-state index contributed by atoms with van der Waals surface area (Å²) >= 11 is 1.87. The van der Waals surface area contributed by atoms with Gasteiger partial charge in [-0.25, -0.2) is 0 Å². The Kier molecular flexibility index (Phi) is 5.19. The number of fused-ring (bicyclic) bond motifs is 10. The van der Waals surface area contributed by atoms with Gasteiger partial charge in [0.25, 0.3) is 0 Å². The molecule has 0 unspecified atom stereocenters. The van der Waals surface area contributed by atoms with Gasteiger partial charge in [-0.2, -0.15) is 0 Å². The lowest BCUT2D eigenvalue weighted by Gasteiger charge is -2.09. The molecule has 0 saturated carbocycles. The van der Waals surface area contributed by atoms with Crippen LogP contribution in [0.5, 0.6) is 0 Å². The smallest absolute Gasteiger partial charge is 0.0548 e. The number of rotatable bonds is 3. The molecule has 0 aliphatic carbocycles. The van der Waals surface area contributed by atoms with Gasteiger partial charge >= 0.3 is 0 Å². The molecule has 0 N–H and O–H groups in total. The van der Waals surface area contributed by atoms with Crippen LogP contribution >= 0.6 is 11.3 Å². The molecule has 3 heterocycles. The van der Waals surface area contributed by atoms with Gasteiger partial charge in [0.2, 0.25) is 0 Å². The van der Waals surface area contributed by atoms with Crippen molar-refractivity contribution in [2.45, 2.75) is 0 Å². The summed E-state index contributed by atoms with van der Waals surface area (Å²) in [6.07, 6.45) is 0. The van der Waals surface area contributed by atoms with E-state index in [2.05, 4.69) is 167 Å². The minimum Gasteiger partial charge on any atom is -0.309 e. The fourth-order valence-corrected chi connectivity index (χ4v) is 8.45. The second-order valence-corrected chi connectivity index (χ2v) is 12.8. The van der Waals surface area contributed by atoms with Crippen molar-refractivity contribution < 1.29 is 0 Å². The average molecular weight is 591 g/mol. The number of benzene rings is 7. The number of hydrogen-bond acceptors (Lipinski definition) is 1. The molecule has 0 spiro atoms. The molecule has 210 valence electrons. The molecule has 7 aromatic carbocycles. The van der Waals surface area contributed by atoms with Crippen LogP contribution in [0.1, 0.15) is 0 Å². The van der Waals surface area contributed by atoms with Crippen LogP contribution < -0.4 is 0 Å². The molecule has 0 fully saturated rings. The van der Waals surface area contributed by atoms with Crippen LogP contribution in [0.2, 0.25) is 0 Å². The zero-order valence-corrected chi connectivity index (χ0v) is 25.1. The fraction of sp³-hybridized carbons (Fsp3) is 0. The topological polar surface area (TPSA) is 9.86 Å². The second kappa shape index (κ2) is 9.43. The molecule has 0 bridgehead atoms. The quantitative estimate of drug-likeness (QED) is 0.194. The Balaban J connectivity index is 1.34. The highest BCUT2D eigenvalue weighted by molar-refractivity contribution is 7.25. The normalized spacial score (nSPS) is 12.0. The first-order chi connectivity index (χ1) is 22.3. The monoisotopic (exact) mass is 590 g/mol. The van der Waals surface area contributed by atoms with Gasteiger partial charge in [0.15, 0.2) is 0 Å². The van der Waals surface area contributed by atoms with E-state index in [1.165, 1.54) is 86.3 Å². The van der Waals surface area contributed by atoms with Gasteiger partial charge in [0.1, 0.15) is 0 Å². The highest BCUT2D eigenvalue weighted by Gasteiger charge is 2.21. The lowest BCUT2D eigenvalue weighted by atomic mass is 9.99. The van der Waals surface area contributed by atoms with Gasteiger partial charge in [-0.1, -0.05) is 84.9 Å². The molecule has 2 nitrogen and oxygen atoms in total. The molecule has 10 rings (SSSR count). The van der Waals surface area contributed by atoms with E-state index in [1.54, 1.807) is 0 Å². The van der Waals surface area contributed by atoms with Crippen LogP contribution in [-0.4, -0.2) is 9.13 Å². The SMILES string of the molecule is c1ccc(-n2c3ccccc3c3c4c5cc(-c6ccc7sc8ccccc8c7c6)ccc5n(-c5ccccc5)c4ccc32)cc1. The largest absolute Gasteiger partial charge is 0.309 e. The predicted octanol–water partition coefficient (Wildman–Crippen LogP) is 11.9. The number of nitrogens with zero attached hydrogens (tertiary/aromatic N) is 2. The predicted molar refractivity (Wildman–Crippen MR) is 193 cm³/mol. The Morgan fingerprint density at radius 1 is 0.333 bits per heavy atom. The summed E-state index contributed by atoms with van der Waals surface area (Å²) in [4.78, 5) is 0. The Bertz CT molecular complexity index is 2740. The maximum absolute atomic E-state index is 2.43. The van der Waals surface area contributed by atoms with Crippen LogP contribution in [0.25, 0.3) is 86.3 Å². The molecule has 3 heteroatoms. The van der Waals surface area contributed by atoms with Crippen LogP contribution in [0.4, 0.5) is 0 Å². The summed E-state index contributed by atoms with van der Waals surface area (Å²) in [7, 11) is 0. The molecule has 0 aliphatic heterocycles. The summed E-state index contributed by atoms with van der Waals surface area (Å²) in [5, 5.41) is 7.78. The van der Waals surface area contributed by atoms with E-state index in [1.807, 2.05) is 11.3 Å². The van der Waals surface area contributed by atoms with Gasteiger partial charge in [0.05, 0.1) is 22.1 Å². The zero-order valence-electron chi connectivity index (χ0n) is 24.3. The van der Waals surface area contributed by atoms with E-state index < -0.39 is 0 Å². The second-order valence-electron chi connectivity index (χ2n) is 11.8. The molecule has 0 saturated heterocycles. The third-order valence-electron chi connectivity index (χ3n) is 9.30. The highest BCUT2D eigenvalue weighted by atomic mass is 32.1. The molecule has 0 amide bonds. The van der Waals surface area contributed by atoms with Crippen molar-refractivity contribution >= 4 is 75.1 Å². The first kappa shape index (κ1) is 24.8. The standard InChI is InChI=1S/C42H26N2S/c1-3-11-29(12-4-1)43-35-17-9-7-16-32(35)41-37(43)22-23-38-42(41)34-26-27(19-21-36(34)44(38)30-13-5-2-6-14-30)28-20-24-40-33(25-28)31-15-8-10-18-39(31)45-40/h1-26H. The van der Waals surface area contributed by atoms with Gasteiger partial charge in [-0.05, 0) is 83.9 Å². The molecule has 45 heavy (non-hydrogen) atoms. The van der Waals surface area contributed by atoms with Crippen molar-refractivity contribution in [2.75, 3.05) is 0 Å². The van der Waals surface area contributed by atoms with Crippen LogP contribution in [0.15, 0.2) is 158 Å². The van der Waals surface area contributed by atoms with Gasteiger partial charge in [0, 0.05) is 53.1 Å². The maximum atomic E-state index is 2.43. The summed E-state index contributed by atoms with van der Waals surface area (Å²) in [5.74, 6) is 0. The Morgan fingerprint density at radius 2 is 0.822 bits per heavy atom. The maximum Gasteiger partial charge on any atom is 0.0548 e. The summed E-state index contributed by atoms with van der Waals surface area (Å²) in [6.45, 7) is 0. The van der Waals surface area contributed by atoms with Crippen molar-refractivity contribution in [3.63, 3.8) is 0 Å². The van der Waals surface area contributed by atoms with Crippen molar-refractivity contribution in [1.82, 2.24) is 9.13 Å². The average Bonchev–Trinajstić information content (AvgIpc) is 3.76. The molecular weight excluding hydrogens is 565 g/mol. The number of thiophene rings is 1. The molecule has 0 atom stereocenters. The van der Waals surface area contributed by atoms with Crippen LogP contribution in [0.3, 0.4) is 0 Å². The summed E-state index contributed by atoms with van der Waals surface area (Å²) < 4.78 is 7.51. The Labute approximate surface area is 263 Å². The zero-order chi connectivity index (χ0) is 29.5. The number of para-hydroxylation sites is 3. The lowest BCUT2D eigenvalue weighted by Crippen LogP contribution is -1.94. The minimum absolute atomic E-state index is 1.17. The highest BCUT2D eigenvalue weighted by Crippen LogP contribution is 2.44. The van der Waals surface area contributed by atoms with Crippen molar-refractivity contribution in [2.24, 2.45) is 0 Å². The number of hydrogen-bond donors (Lipinski definition) is 0. The van der Waals surface area contributed by atoms with Crippen LogP contribution in [-0.2, 0) is 0 Å². The lowest BCUT2D eigenvalue weighted by molar-refractivity contribution is 1.17. The van der Waals surface area contributed by atoms with E-state index in [9.17, 15) is 0 Å². The molecular formula is C42H26N2S. The summed E-state index contributed by atoms with van der Waals surface area (Å²) in [6, 6.07) is 57.7. The molecule has 3 aromatic heterocycles. The van der Waals surface area contributed by atoms with Crippen molar-refractivity contribution in [3.8, 4) is 22.5 Å². The van der Waals surface area contributed by atoms with Gasteiger partial charge < -0.3 is 9.13 Å². The number of aromatic nitrogens is 2. The van der Waals surface area contributed by atoms with E-state index in [-0.39, 0.29) is 0 Å². The first-order valence-corrected chi connectivity index (χ1v) is 16.2. The van der Waals surface area contributed by atoms with E-state index >= 15 is 0 Å². The van der Waals surface area contributed by atoms with E-state index in [0.29, 0.717) is 0 Å². The first-order valence-electron chi connectivity index (χ1n) is 15.4. The Hall–Kier alpha value is -5.64. The minimum atomic E-state index is 1.17. The van der Waals surface area contributed by atoms with Crippen molar-refractivity contribution in [1.29, 1.82) is 0 Å². The van der Waals surface area contributed by atoms with Crippen molar-refractivity contribution in [3.05, 3.63) is 158 Å². The van der Waals surface area contributed by atoms with E-state index in [0.717, 1.165) is 0 Å². The van der Waals surface area contributed by atoms with Crippen LogP contribution in [0, 0.1) is 0 Å². The Morgan fingerprint density at radius 3 is 1.53 bits per heavy atom. The fourth-order valence-electron chi connectivity index (χ4n) is 7.37. The third-order valence-corrected chi connectivity index (χ3v) is 10.5. The third kappa shape index (κ3) is 3.56. The van der Waals surface area contributed by atoms with Gasteiger partial charge in [-0.3, -0.25) is 0 Å². The van der Waals surface area contributed by atoms with Gasteiger partial charge in [-0.15, -0.1) is 11.3 Å². The summed E-state index contributed by atoms with van der Waals surface area (Å²) in [5.41, 5.74) is 9.69. The van der Waals surface area contributed by atoms with E-state index in [4.69, 9.17) is 0 Å². The molecule has 0 aliphatic rings.